The van der Waals surface area contributed by atoms with Gasteiger partial charge >= 0.3 is 0 Å². The second-order valence-corrected chi connectivity index (χ2v) is 6.24. The number of piperidine rings is 1. The molecule has 0 spiro atoms. The Balaban J connectivity index is 1.82. The van der Waals surface area contributed by atoms with Crippen molar-refractivity contribution in [2.24, 2.45) is 0 Å². The van der Waals surface area contributed by atoms with Crippen LogP contribution in [0.3, 0.4) is 0 Å². The molecule has 0 aliphatic carbocycles. The van der Waals surface area contributed by atoms with E-state index in [1.54, 1.807) is 7.11 Å². The predicted octanol–water partition coefficient (Wildman–Crippen LogP) is 3.90. The molecule has 1 aliphatic heterocycles. The highest BCUT2D eigenvalue weighted by Crippen LogP contribution is 2.22. The van der Waals surface area contributed by atoms with Crippen LogP contribution >= 0.6 is 0 Å². The van der Waals surface area contributed by atoms with E-state index in [0.717, 1.165) is 13.0 Å². The second-order valence-electron chi connectivity index (χ2n) is 6.24. The highest BCUT2D eigenvalue weighted by atomic mass is 16.5. The number of anilines is 2. The molecule has 0 aromatic heterocycles. The van der Waals surface area contributed by atoms with Crippen LogP contribution in [-0.2, 0) is 4.74 Å². The molecule has 3 heteroatoms. The van der Waals surface area contributed by atoms with Crippen LogP contribution < -0.4 is 10.2 Å². The third-order valence-electron chi connectivity index (χ3n) is 4.20. The van der Waals surface area contributed by atoms with E-state index in [1.165, 1.54) is 43.7 Å². The lowest BCUT2D eigenvalue weighted by Crippen LogP contribution is -2.29. The Morgan fingerprint density at radius 3 is 2.35 bits per heavy atom. The predicted molar refractivity (Wildman–Crippen MR) is 86.7 cm³/mol. The summed E-state index contributed by atoms with van der Waals surface area (Å²) in [5, 5.41) is 3.47. The van der Waals surface area contributed by atoms with Gasteiger partial charge in [0.2, 0.25) is 0 Å². The van der Waals surface area contributed by atoms with Gasteiger partial charge in [0.15, 0.2) is 0 Å². The molecule has 1 N–H and O–H groups in total. The zero-order valence-corrected chi connectivity index (χ0v) is 13.1. The van der Waals surface area contributed by atoms with Crippen molar-refractivity contribution in [3.63, 3.8) is 0 Å². The topological polar surface area (TPSA) is 24.5 Å². The molecule has 1 aromatic carbocycles. The van der Waals surface area contributed by atoms with Crippen LogP contribution in [0.1, 0.15) is 39.5 Å². The van der Waals surface area contributed by atoms with E-state index < -0.39 is 0 Å². The summed E-state index contributed by atoms with van der Waals surface area (Å²) >= 11 is 0. The minimum absolute atomic E-state index is 0.0548. The fourth-order valence-electron chi connectivity index (χ4n) is 2.55. The van der Waals surface area contributed by atoms with Crippen LogP contribution in [-0.4, -0.2) is 32.3 Å². The number of benzene rings is 1. The lowest BCUT2D eigenvalue weighted by molar-refractivity contribution is 0.0185. The number of ether oxygens (including phenoxy) is 1. The summed E-state index contributed by atoms with van der Waals surface area (Å²) < 4.78 is 5.43. The van der Waals surface area contributed by atoms with Crippen LogP contribution in [0.4, 0.5) is 11.4 Å². The van der Waals surface area contributed by atoms with E-state index in [-0.39, 0.29) is 5.60 Å². The molecule has 2 rings (SSSR count). The van der Waals surface area contributed by atoms with Gasteiger partial charge in [-0.25, -0.2) is 0 Å². The van der Waals surface area contributed by atoms with Gasteiger partial charge in [-0.3, -0.25) is 0 Å². The molecule has 3 nitrogen and oxygen atoms in total. The zero-order chi connectivity index (χ0) is 14.4. The van der Waals surface area contributed by atoms with Gasteiger partial charge in [-0.2, -0.15) is 0 Å². The van der Waals surface area contributed by atoms with E-state index in [9.17, 15) is 0 Å². The standard InChI is InChI=1S/C17H28N2O/c1-17(2,20-3)11-12-18-15-7-9-16(10-8-15)19-13-5-4-6-14-19/h7-10,18H,4-6,11-14H2,1-3H3. The molecular weight excluding hydrogens is 248 g/mol. The Morgan fingerprint density at radius 2 is 1.75 bits per heavy atom. The highest BCUT2D eigenvalue weighted by molar-refractivity contribution is 5.55. The monoisotopic (exact) mass is 276 g/mol. The number of nitrogens with zero attached hydrogens (tertiary/aromatic N) is 1. The summed E-state index contributed by atoms with van der Waals surface area (Å²) in [7, 11) is 1.77. The van der Waals surface area contributed by atoms with Crippen LogP contribution in [0.25, 0.3) is 0 Å². The molecule has 1 fully saturated rings. The SMILES string of the molecule is COC(C)(C)CCNc1ccc(N2CCCCC2)cc1. The summed E-state index contributed by atoms with van der Waals surface area (Å²) in [6.07, 6.45) is 5.03. The molecule has 0 saturated carbocycles. The Bertz CT molecular complexity index is 394. The molecule has 20 heavy (non-hydrogen) atoms. The minimum atomic E-state index is -0.0548. The van der Waals surface area contributed by atoms with Crippen molar-refractivity contribution in [2.75, 3.05) is 37.0 Å². The van der Waals surface area contributed by atoms with Gasteiger partial charge in [0.1, 0.15) is 0 Å². The number of hydrogen-bond acceptors (Lipinski definition) is 3. The van der Waals surface area contributed by atoms with Gasteiger partial charge in [0.25, 0.3) is 0 Å². The fraction of sp³-hybridized carbons (Fsp3) is 0.647. The average Bonchev–Trinajstić information content (AvgIpc) is 2.49. The summed E-state index contributed by atoms with van der Waals surface area (Å²) in [4.78, 5) is 2.49. The summed E-state index contributed by atoms with van der Waals surface area (Å²) in [6.45, 7) is 7.58. The van der Waals surface area contributed by atoms with Crippen LogP contribution in [0, 0.1) is 0 Å². The van der Waals surface area contributed by atoms with Crippen molar-refractivity contribution in [3.05, 3.63) is 24.3 Å². The third-order valence-corrected chi connectivity index (χ3v) is 4.20. The Kier molecular flexibility index (Phi) is 5.30. The molecule has 0 bridgehead atoms. The van der Waals surface area contributed by atoms with Crippen LogP contribution in [0.15, 0.2) is 24.3 Å². The first-order valence-corrected chi connectivity index (χ1v) is 7.75. The molecule has 1 heterocycles. The summed E-state index contributed by atoms with van der Waals surface area (Å²) in [5.74, 6) is 0. The Labute approximate surface area is 123 Å². The van der Waals surface area contributed by atoms with Crippen molar-refractivity contribution in [1.29, 1.82) is 0 Å². The van der Waals surface area contributed by atoms with Gasteiger partial charge in [-0.15, -0.1) is 0 Å². The maximum absolute atomic E-state index is 5.43. The first kappa shape index (κ1) is 15.2. The Morgan fingerprint density at radius 1 is 1.10 bits per heavy atom. The van der Waals surface area contributed by atoms with Gasteiger partial charge in [0, 0.05) is 38.1 Å². The molecule has 0 unspecified atom stereocenters. The molecular formula is C17H28N2O. The van der Waals surface area contributed by atoms with Gasteiger partial charge in [-0.05, 0) is 63.8 Å². The van der Waals surface area contributed by atoms with Gasteiger partial charge < -0.3 is 15.0 Å². The van der Waals surface area contributed by atoms with Crippen molar-refractivity contribution in [3.8, 4) is 0 Å². The molecule has 0 atom stereocenters. The maximum atomic E-state index is 5.43. The molecule has 1 aromatic rings. The lowest BCUT2D eigenvalue weighted by Gasteiger charge is -2.29. The largest absolute Gasteiger partial charge is 0.385 e. The average molecular weight is 276 g/mol. The second kappa shape index (κ2) is 6.98. The molecule has 112 valence electrons. The summed E-state index contributed by atoms with van der Waals surface area (Å²) in [5.41, 5.74) is 2.49. The van der Waals surface area contributed by atoms with Crippen molar-refractivity contribution < 1.29 is 4.74 Å². The molecule has 1 saturated heterocycles. The number of hydrogen-bond donors (Lipinski definition) is 1. The van der Waals surface area contributed by atoms with Crippen molar-refractivity contribution in [2.45, 2.75) is 45.1 Å². The van der Waals surface area contributed by atoms with E-state index >= 15 is 0 Å². The Hall–Kier alpha value is -1.22. The summed E-state index contributed by atoms with van der Waals surface area (Å²) in [6, 6.07) is 8.83. The third kappa shape index (κ3) is 4.41. The number of rotatable bonds is 6. The van der Waals surface area contributed by atoms with Crippen LogP contribution in [0.2, 0.25) is 0 Å². The smallest absolute Gasteiger partial charge is 0.0639 e. The maximum Gasteiger partial charge on any atom is 0.0639 e. The first-order chi connectivity index (χ1) is 9.61. The van der Waals surface area contributed by atoms with E-state index in [0.29, 0.717) is 0 Å². The number of methoxy groups -OCH3 is 1. The van der Waals surface area contributed by atoms with Gasteiger partial charge in [0.05, 0.1) is 5.60 Å². The van der Waals surface area contributed by atoms with E-state index in [4.69, 9.17) is 4.74 Å². The fourth-order valence-corrected chi connectivity index (χ4v) is 2.55. The highest BCUT2D eigenvalue weighted by Gasteiger charge is 2.15. The van der Waals surface area contributed by atoms with Crippen LogP contribution in [0.5, 0.6) is 0 Å². The number of nitrogens with one attached hydrogen (secondary N) is 1. The van der Waals surface area contributed by atoms with Gasteiger partial charge in [-0.1, -0.05) is 0 Å². The minimum Gasteiger partial charge on any atom is -0.385 e. The normalized spacial score (nSPS) is 16.2. The molecule has 0 radical (unpaired) electrons. The first-order valence-electron chi connectivity index (χ1n) is 7.75. The molecule has 0 amide bonds. The quantitative estimate of drug-likeness (QED) is 0.852. The van der Waals surface area contributed by atoms with Crippen molar-refractivity contribution in [1.82, 2.24) is 0 Å². The lowest BCUT2D eigenvalue weighted by atomic mass is 10.1. The van der Waals surface area contributed by atoms with Crippen molar-refractivity contribution >= 4 is 11.4 Å². The zero-order valence-electron chi connectivity index (χ0n) is 13.1. The molecule has 1 aliphatic rings. The van der Waals surface area contributed by atoms with E-state index in [2.05, 4.69) is 48.3 Å². The van der Waals surface area contributed by atoms with E-state index in [1.807, 2.05) is 0 Å².